The molecule has 0 aromatic carbocycles. The molecule has 28 heavy (non-hydrogen) atoms. The van der Waals surface area contributed by atoms with Crippen molar-refractivity contribution in [3.63, 3.8) is 0 Å². The molecular weight excluding hydrogens is 485 g/mol. The minimum Gasteiger partial charge on any atom is -0.382 e. The van der Waals surface area contributed by atoms with Crippen molar-refractivity contribution in [1.29, 1.82) is 0 Å². The second-order valence-corrected chi connectivity index (χ2v) is 7.95. The predicted octanol–water partition coefficient (Wildman–Crippen LogP) is 3.52. The van der Waals surface area contributed by atoms with Gasteiger partial charge in [-0.2, -0.15) is 0 Å². The van der Waals surface area contributed by atoms with E-state index in [4.69, 9.17) is 14.7 Å². The first-order chi connectivity index (χ1) is 13.2. The maximum absolute atomic E-state index is 5.38. The van der Waals surface area contributed by atoms with E-state index >= 15 is 0 Å². The van der Waals surface area contributed by atoms with Gasteiger partial charge >= 0.3 is 0 Å². The molecule has 0 radical (unpaired) electrons. The fourth-order valence-electron chi connectivity index (χ4n) is 3.23. The van der Waals surface area contributed by atoms with Gasteiger partial charge in [-0.25, -0.2) is 4.98 Å². The fourth-order valence-corrected chi connectivity index (χ4v) is 3.96. The molecule has 0 saturated carbocycles. The zero-order chi connectivity index (χ0) is 19.3. The van der Waals surface area contributed by atoms with Gasteiger partial charge in [0.25, 0.3) is 0 Å². The summed E-state index contributed by atoms with van der Waals surface area (Å²) in [5.41, 5.74) is 1.24. The largest absolute Gasteiger partial charge is 0.382 e. The number of aliphatic imine (C=N–C) groups is 1. The molecule has 0 spiro atoms. The lowest BCUT2D eigenvalue weighted by Crippen LogP contribution is -2.39. The third kappa shape index (κ3) is 9.84. The van der Waals surface area contributed by atoms with E-state index in [-0.39, 0.29) is 24.0 Å². The molecule has 1 fully saturated rings. The van der Waals surface area contributed by atoms with Crippen LogP contribution in [0.1, 0.15) is 50.7 Å². The van der Waals surface area contributed by atoms with E-state index in [9.17, 15) is 0 Å². The number of aromatic nitrogens is 1. The summed E-state index contributed by atoms with van der Waals surface area (Å²) in [5, 5.41) is 10.2. The van der Waals surface area contributed by atoms with E-state index in [2.05, 4.69) is 34.8 Å². The Morgan fingerprint density at radius 2 is 2.07 bits per heavy atom. The van der Waals surface area contributed by atoms with Crippen LogP contribution in [0.15, 0.2) is 10.4 Å². The van der Waals surface area contributed by atoms with E-state index in [0.717, 1.165) is 71.3 Å². The van der Waals surface area contributed by atoms with Gasteiger partial charge in [0.15, 0.2) is 5.96 Å². The smallest absolute Gasteiger partial charge is 0.191 e. The van der Waals surface area contributed by atoms with Crippen LogP contribution in [0.2, 0.25) is 0 Å². The standard InChI is InChI=1S/C20H37N5OS.HI/c1-4-19-24-18(16-27-19)15-25-11-8-17(9-12-25)14-23-20(21-5-2)22-10-7-13-26-6-3;/h16-17H,4-15H2,1-3H3,(H2,21,22,23);1H. The van der Waals surface area contributed by atoms with E-state index in [1.54, 1.807) is 11.3 Å². The minimum absolute atomic E-state index is 0. The highest BCUT2D eigenvalue weighted by atomic mass is 127. The molecule has 1 saturated heterocycles. The van der Waals surface area contributed by atoms with Crippen LogP contribution in [-0.4, -0.2) is 61.8 Å². The van der Waals surface area contributed by atoms with E-state index in [1.165, 1.54) is 23.5 Å². The predicted molar refractivity (Wildman–Crippen MR) is 130 cm³/mol. The molecule has 0 unspecified atom stereocenters. The minimum atomic E-state index is 0. The summed E-state index contributed by atoms with van der Waals surface area (Å²) in [4.78, 5) is 12.0. The molecule has 1 aromatic heterocycles. The molecule has 8 heteroatoms. The molecule has 162 valence electrons. The van der Waals surface area contributed by atoms with Gasteiger partial charge in [-0.1, -0.05) is 6.92 Å². The number of rotatable bonds is 11. The summed E-state index contributed by atoms with van der Waals surface area (Å²) in [6.45, 7) is 13.9. The Balaban J connectivity index is 0.00000392. The number of halogens is 1. The Hall–Kier alpha value is -0.450. The number of aryl methyl sites for hydroxylation is 1. The highest BCUT2D eigenvalue weighted by Gasteiger charge is 2.19. The van der Waals surface area contributed by atoms with Crippen LogP contribution >= 0.6 is 35.3 Å². The number of piperidine rings is 1. The number of nitrogens with zero attached hydrogens (tertiary/aromatic N) is 3. The van der Waals surface area contributed by atoms with Crippen molar-refractivity contribution in [3.05, 3.63) is 16.1 Å². The van der Waals surface area contributed by atoms with Gasteiger partial charge in [-0.15, -0.1) is 35.3 Å². The van der Waals surface area contributed by atoms with Crippen LogP contribution in [0, 0.1) is 5.92 Å². The van der Waals surface area contributed by atoms with Crippen molar-refractivity contribution in [2.24, 2.45) is 10.9 Å². The molecule has 2 heterocycles. The van der Waals surface area contributed by atoms with Crippen LogP contribution < -0.4 is 10.6 Å². The Bertz CT molecular complexity index is 546. The molecule has 1 aliphatic rings. The van der Waals surface area contributed by atoms with Gasteiger partial charge < -0.3 is 15.4 Å². The summed E-state index contributed by atoms with van der Waals surface area (Å²) in [7, 11) is 0. The number of thiazole rings is 1. The third-order valence-corrected chi connectivity index (χ3v) is 5.85. The Labute approximate surface area is 192 Å². The monoisotopic (exact) mass is 523 g/mol. The van der Waals surface area contributed by atoms with Crippen molar-refractivity contribution in [2.45, 2.75) is 53.0 Å². The van der Waals surface area contributed by atoms with Crippen molar-refractivity contribution in [1.82, 2.24) is 20.5 Å². The molecule has 0 amide bonds. The summed E-state index contributed by atoms with van der Waals surface area (Å²) in [6.07, 6.45) is 4.49. The van der Waals surface area contributed by atoms with Gasteiger partial charge in [0.05, 0.1) is 10.7 Å². The normalized spacial score (nSPS) is 16.0. The highest BCUT2D eigenvalue weighted by Crippen LogP contribution is 2.20. The number of hydrogen-bond donors (Lipinski definition) is 2. The summed E-state index contributed by atoms with van der Waals surface area (Å²) < 4.78 is 5.38. The van der Waals surface area contributed by atoms with Gasteiger partial charge in [0, 0.05) is 44.8 Å². The summed E-state index contributed by atoms with van der Waals surface area (Å²) in [6, 6.07) is 0. The molecule has 1 aromatic rings. The Morgan fingerprint density at radius 1 is 1.29 bits per heavy atom. The van der Waals surface area contributed by atoms with E-state index in [0.29, 0.717) is 5.92 Å². The van der Waals surface area contributed by atoms with Crippen LogP contribution in [0.5, 0.6) is 0 Å². The van der Waals surface area contributed by atoms with E-state index < -0.39 is 0 Å². The molecule has 6 nitrogen and oxygen atoms in total. The maximum Gasteiger partial charge on any atom is 0.191 e. The Kier molecular flexibility index (Phi) is 14.1. The number of hydrogen-bond acceptors (Lipinski definition) is 5. The lowest BCUT2D eigenvalue weighted by atomic mass is 9.97. The van der Waals surface area contributed by atoms with Gasteiger partial charge in [0.1, 0.15) is 0 Å². The quantitative estimate of drug-likeness (QED) is 0.201. The average molecular weight is 524 g/mol. The molecule has 2 N–H and O–H groups in total. The van der Waals surface area contributed by atoms with Gasteiger partial charge in [-0.3, -0.25) is 9.89 Å². The molecule has 2 rings (SSSR count). The van der Waals surface area contributed by atoms with Gasteiger partial charge in [0.2, 0.25) is 0 Å². The lowest BCUT2D eigenvalue weighted by Gasteiger charge is -2.30. The first-order valence-electron chi connectivity index (χ1n) is 10.5. The third-order valence-electron chi connectivity index (χ3n) is 4.81. The molecule has 1 aliphatic heterocycles. The lowest BCUT2D eigenvalue weighted by molar-refractivity contribution is 0.145. The first kappa shape index (κ1) is 25.6. The van der Waals surface area contributed by atoms with Crippen LogP contribution in [0.4, 0.5) is 0 Å². The molecule has 0 aliphatic carbocycles. The fraction of sp³-hybridized carbons (Fsp3) is 0.800. The zero-order valence-corrected chi connectivity index (χ0v) is 20.9. The molecule has 0 bridgehead atoms. The summed E-state index contributed by atoms with van der Waals surface area (Å²) >= 11 is 1.79. The van der Waals surface area contributed by atoms with Crippen LogP contribution in [0.3, 0.4) is 0 Å². The van der Waals surface area contributed by atoms with Gasteiger partial charge in [-0.05, 0) is 58.5 Å². The SMILES string of the molecule is CCNC(=NCC1CCN(Cc2csc(CC)n2)CC1)NCCCOCC.I. The number of likely N-dealkylation sites (tertiary alicyclic amines) is 1. The molecular formula is C20H38IN5OS. The van der Waals surface area contributed by atoms with Crippen LogP contribution in [0.25, 0.3) is 0 Å². The number of ether oxygens (including phenoxy) is 1. The van der Waals surface area contributed by atoms with E-state index in [1.807, 2.05) is 6.92 Å². The number of guanidine groups is 1. The van der Waals surface area contributed by atoms with Crippen molar-refractivity contribution >= 4 is 41.3 Å². The first-order valence-corrected chi connectivity index (χ1v) is 11.4. The average Bonchev–Trinajstić information content (AvgIpc) is 3.14. The second-order valence-electron chi connectivity index (χ2n) is 7.00. The zero-order valence-electron chi connectivity index (χ0n) is 17.7. The topological polar surface area (TPSA) is 61.8 Å². The summed E-state index contributed by atoms with van der Waals surface area (Å²) in [5.74, 6) is 1.62. The van der Waals surface area contributed by atoms with Crippen molar-refractivity contribution in [3.8, 4) is 0 Å². The van der Waals surface area contributed by atoms with Crippen LogP contribution in [-0.2, 0) is 17.7 Å². The van der Waals surface area contributed by atoms with Crippen molar-refractivity contribution in [2.75, 3.05) is 45.9 Å². The maximum atomic E-state index is 5.38. The number of nitrogens with one attached hydrogen (secondary N) is 2. The highest BCUT2D eigenvalue weighted by molar-refractivity contribution is 14.0. The Morgan fingerprint density at radius 3 is 2.71 bits per heavy atom. The molecule has 0 atom stereocenters. The van der Waals surface area contributed by atoms with Crippen molar-refractivity contribution < 1.29 is 4.74 Å². The second kappa shape index (κ2) is 15.4.